The van der Waals surface area contributed by atoms with Crippen molar-refractivity contribution in [2.24, 2.45) is 0 Å². The van der Waals surface area contributed by atoms with E-state index in [-0.39, 0.29) is 17.8 Å². The van der Waals surface area contributed by atoms with Crippen molar-refractivity contribution in [2.75, 3.05) is 44.7 Å². The van der Waals surface area contributed by atoms with Gasteiger partial charge in [0.25, 0.3) is 0 Å². The highest BCUT2D eigenvalue weighted by molar-refractivity contribution is 5.81. The van der Waals surface area contributed by atoms with Gasteiger partial charge in [-0.2, -0.15) is 0 Å². The first-order valence-corrected chi connectivity index (χ1v) is 9.73. The number of piperazine rings is 1. The van der Waals surface area contributed by atoms with Gasteiger partial charge >= 0.3 is 0 Å². The molecule has 1 aliphatic heterocycles. The highest BCUT2D eigenvalue weighted by Gasteiger charge is 2.26. The van der Waals surface area contributed by atoms with Crippen LogP contribution in [-0.4, -0.2) is 56.7 Å². The van der Waals surface area contributed by atoms with Crippen molar-refractivity contribution >= 4 is 11.6 Å². The topological polar surface area (TPSA) is 44.8 Å². The third-order valence-corrected chi connectivity index (χ3v) is 5.32. The molecule has 1 fully saturated rings. The number of nitrogens with one attached hydrogen (secondary N) is 1. The van der Waals surface area contributed by atoms with Crippen LogP contribution in [0.5, 0.6) is 5.75 Å². The first-order chi connectivity index (χ1) is 13.6. The Labute approximate surface area is 166 Å². The summed E-state index contributed by atoms with van der Waals surface area (Å²) in [7, 11) is 1.65. The molecule has 0 bridgehead atoms. The monoisotopic (exact) mass is 385 g/mol. The number of para-hydroxylation sites is 2. The lowest BCUT2D eigenvalue weighted by atomic mass is 10.1. The van der Waals surface area contributed by atoms with Gasteiger partial charge in [0.15, 0.2) is 0 Å². The summed E-state index contributed by atoms with van der Waals surface area (Å²) in [6, 6.07) is 14.5. The van der Waals surface area contributed by atoms with E-state index in [9.17, 15) is 9.18 Å². The zero-order chi connectivity index (χ0) is 19.9. The first-order valence-electron chi connectivity index (χ1n) is 9.73. The van der Waals surface area contributed by atoms with Crippen LogP contribution in [0.15, 0.2) is 48.5 Å². The highest BCUT2D eigenvalue weighted by atomic mass is 19.1. The van der Waals surface area contributed by atoms with Gasteiger partial charge in [-0.05, 0) is 37.1 Å². The predicted molar refractivity (Wildman–Crippen MR) is 109 cm³/mol. The van der Waals surface area contributed by atoms with E-state index < -0.39 is 0 Å². The van der Waals surface area contributed by atoms with E-state index in [0.717, 1.165) is 30.8 Å². The molecular formula is C22H28FN3O2. The number of methoxy groups -OCH3 is 1. The fraction of sp³-hybridized carbons (Fsp3) is 0.409. The smallest absolute Gasteiger partial charge is 0.237 e. The molecule has 1 amide bonds. The molecular weight excluding hydrogens is 357 g/mol. The Balaban J connectivity index is 1.46. The van der Waals surface area contributed by atoms with E-state index in [1.54, 1.807) is 19.2 Å². The maximum absolute atomic E-state index is 14.0. The van der Waals surface area contributed by atoms with Crippen LogP contribution >= 0.6 is 0 Å². The molecule has 1 aliphatic rings. The number of ether oxygens (including phenoxy) is 1. The van der Waals surface area contributed by atoms with E-state index in [2.05, 4.69) is 10.2 Å². The summed E-state index contributed by atoms with van der Waals surface area (Å²) in [6.45, 7) is 5.38. The lowest BCUT2D eigenvalue weighted by Crippen LogP contribution is -2.54. The van der Waals surface area contributed by atoms with Gasteiger partial charge in [0.2, 0.25) is 5.91 Å². The number of carbonyl (C=O) groups is 1. The minimum Gasteiger partial charge on any atom is -0.496 e. The molecule has 3 rings (SSSR count). The van der Waals surface area contributed by atoms with Crippen LogP contribution in [0.25, 0.3) is 0 Å². The average molecular weight is 385 g/mol. The van der Waals surface area contributed by atoms with Crippen molar-refractivity contribution in [3.63, 3.8) is 0 Å². The average Bonchev–Trinajstić information content (AvgIpc) is 2.74. The Bertz CT molecular complexity index is 791. The first kappa shape index (κ1) is 20.1. The maximum Gasteiger partial charge on any atom is 0.237 e. The van der Waals surface area contributed by atoms with E-state index in [1.165, 1.54) is 6.07 Å². The third kappa shape index (κ3) is 4.81. The van der Waals surface area contributed by atoms with Gasteiger partial charge in [-0.15, -0.1) is 0 Å². The van der Waals surface area contributed by atoms with Crippen molar-refractivity contribution in [3.8, 4) is 5.75 Å². The Morgan fingerprint density at radius 1 is 1.11 bits per heavy atom. The number of hydrogen-bond acceptors (Lipinski definition) is 4. The minimum atomic E-state index is -0.208. The van der Waals surface area contributed by atoms with Gasteiger partial charge in [-0.1, -0.05) is 30.3 Å². The van der Waals surface area contributed by atoms with Gasteiger partial charge < -0.3 is 15.0 Å². The van der Waals surface area contributed by atoms with Crippen LogP contribution in [0.3, 0.4) is 0 Å². The molecule has 28 heavy (non-hydrogen) atoms. The summed E-state index contributed by atoms with van der Waals surface area (Å²) in [5.41, 5.74) is 1.72. The standard InChI is InChI=1S/C22H28FN3O2/c1-17(22(27)24-12-11-18-7-3-6-10-21(18)28-2)25-13-15-26(16-14-25)20-9-5-4-8-19(20)23/h3-10,17H,11-16H2,1-2H3,(H,24,27). The lowest BCUT2D eigenvalue weighted by Gasteiger charge is -2.38. The largest absolute Gasteiger partial charge is 0.496 e. The van der Waals surface area contributed by atoms with Crippen molar-refractivity contribution in [1.29, 1.82) is 0 Å². The Kier molecular flexibility index (Phi) is 6.87. The summed E-state index contributed by atoms with van der Waals surface area (Å²) < 4.78 is 19.3. The van der Waals surface area contributed by atoms with Crippen LogP contribution in [0.1, 0.15) is 12.5 Å². The molecule has 0 saturated carbocycles. The number of hydrogen-bond donors (Lipinski definition) is 1. The summed E-state index contributed by atoms with van der Waals surface area (Å²) in [5.74, 6) is 0.668. The van der Waals surface area contributed by atoms with Gasteiger partial charge in [-0.3, -0.25) is 9.69 Å². The van der Waals surface area contributed by atoms with E-state index in [1.807, 2.05) is 42.2 Å². The predicted octanol–water partition coefficient (Wildman–Crippen LogP) is 2.70. The minimum absolute atomic E-state index is 0.0224. The third-order valence-electron chi connectivity index (χ3n) is 5.32. The van der Waals surface area contributed by atoms with Crippen LogP contribution in [-0.2, 0) is 11.2 Å². The van der Waals surface area contributed by atoms with Crippen LogP contribution in [0.2, 0.25) is 0 Å². The van der Waals surface area contributed by atoms with Gasteiger partial charge in [0, 0.05) is 32.7 Å². The second-order valence-electron chi connectivity index (χ2n) is 7.00. The molecule has 5 nitrogen and oxygen atoms in total. The molecule has 0 aliphatic carbocycles. The Morgan fingerprint density at radius 3 is 2.50 bits per heavy atom. The number of amides is 1. The van der Waals surface area contributed by atoms with Gasteiger partial charge in [-0.25, -0.2) is 4.39 Å². The zero-order valence-electron chi connectivity index (χ0n) is 16.5. The number of anilines is 1. The molecule has 0 spiro atoms. The lowest BCUT2D eigenvalue weighted by molar-refractivity contribution is -0.126. The Morgan fingerprint density at radius 2 is 1.79 bits per heavy atom. The molecule has 1 atom stereocenters. The molecule has 0 aromatic heterocycles. The molecule has 1 heterocycles. The molecule has 150 valence electrons. The molecule has 2 aromatic carbocycles. The van der Waals surface area contributed by atoms with Crippen molar-refractivity contribution in [3.05, 3.63) is 59.9 Å². The van der Waals surface area contributed by atoms with Crippen LogP contribution < -0.4 is 15.0 Å². The van der Waals surface area contributed by atoms with Gasteiger partial charge in [0.1, 0.15) is 11.6 Å². The number of halogens is 1. The summed E-state index contributed by atoms with van der Waals surface area (Å²) in [4.78, 5) is 16.7. The summed E-state index contributed by atoms with van der Waals surface area (Å²) in [6.07, 6.45) is 0.726. The molecule has 0 radical (unpaired) electrons. The second kappa shape index (κ2) is 9.55. The number of rotatable bonds is 7. The number of nitrogens with zero attached hydrogens (tertiary/aromatic N) is 2. The number of carbonyl (C=O) groups excluding carboxylic acids is 1. The van der Waals surface area contributed by atoms with Crippen LogP contribution in [0.4, 0.5) is 10.1 Å². The van der Waals surface area contributed by atoms with E-state index in [4.69, 9.17) is 4.74 Å². The normalized spacial score (nSPS) is 15.9. The number of benzene rings is 2. The van der Waals surface area contributed by atoms with Crippen molar-refractivity contribution < 1.29 is 13.9 Å². The van der Waals surface area contributed by atoms with Crippen molar-refractivity contribution in [1.82, 2.24) is 10.2 Å². The quantitative estimate of drug-likeness (QED) is 0.796. The summed E-state index contributed by atoms with van der Waals surface area (Å²) in [5, 5.41) is 3.02. The Hall–Kier alpha value is -2.60. The van der Waals surface area contributed by atoms with E-state index in [0.29, 0.717) is 25.3 Å². The van der Waals surface area contributed by atoms with Crippen LogP contribution in [0, 0.1) is 5.82 Å². The molecule has 1 unspecified atom stereocenters. The SMILES string of the molecule is COc1ccccc1CCNC(=O)C(C)N1CCN(c2ccccc2F)CC1. The molecule has 1 saturated heterocycles. The maximum atomic E-state index is 14.0. The zero-order valence-corrected chi connectivity index (χ0v) is 16.5. The fourth-order valence-corrected chi connectivity index (χ4v) is 3.60. The molecule has 2 aromatic rings. The van der Waals surface area contributed by atoms with Gasteiger partial charge in [0.05, 0.1) is 18.8 Å². The second-order valence-corrected chi connectivity index (χ2v) is 7.00. The highest BCUT2D eigenvalue weighted by Crippen LogP contribution is 2.21. The fourth-order valence-electron chi connectivity index (χ4n) is 3.60. The summed E-state index contributed by atoms with van der Waals surface area (Å²) >= 11 is 0. The van der Waals surface area contributed by atoms with Crippen molar-refractivity contribution in [2.45, 2.75) is 19.4 Å². The van der Waals surface area contributed by atoms with E-state index >= 15 is 0 Å². The molecule has 1 N–H and O–H groups in total. The molecule has 6 heteroatoms.